The number of hydrogen-bond donors (Lipinski definition) is 1. The molecule has 0 fully saturated rings. The smallest absolute Gasteiger partial charge is 0.271 e. The summed E-state index contributed by atoms with van der Waals surface area (Å²) in [5.74, 6) is -0.242. The lowest BCUT2D eigenvalue weighted by atomic mass is 10.1. The molecule has 4 aromatic carbocycles. The third-order valence-electron chi connectivity index (χ3n) is 6.17. The summed E-state index contributed by atoms with van der Waals surface area (Å²) in [5.41, 5.74) is 7.92. The minimum Gasteiger partial charge on any atom is -0.303 e. The lowest BCUT2D eigenvalue weighted by Crippen LogP contribution is -2.26. The predicted molar refractivity (Wildman–Crippen MR) is 136 cm³/mol. The fraction of sp³-hybridized carbons (Fsp3) is 0.138. The van der Waals surface area contributed by atoms with E-state index in [0.717, 1.165) is 46.1 Å². The first-order chi connectivity index (χ1) is 16.6. The van der Waals surface area contributed by atoms with Gasteiger partial charge in [-0.2, -0.15) is 5.10 Å². The van der Waals surface area contributed by atoms with Crippen LogP contribution in [-0.4, -0.2) is 17.5 Å². The van der Waals surface area contributed by atoms with Crippen molar-refractivity contribution in [1.82, 2.24) is 5.43 Å². The second-order valence-electron chi connectivity index (χ2n) is 8.54. The molecule has 0 radical (unpaired) electrons. The maximum Gasteiger partial charge on any atom is 0.271 e. The number of aryl methyl sites for hydroxylation is 1. The molecule has 0 aromatic heterocycles. The maximum absolute atomic E-state index is 13.0. The Morgan fingerprint density at radius 1 is 0.853 bits per heavy atom. The SMILES string of the molecule is CC(CCc1ccccc1)=NNC(=O)c1ccc(CN2C(=O)c3cccc4cccc2c34)cc1. The molecular weight excluding hydrogens is 422 g/mol. The minimum atomic E-state index is -0.250. The van der Waals surface area contributed by atoms with Crippen LogP contribution in [-0.2, 0) is 13.0 Å². The Kier molecular flexibility index (Phi) is 5.91. The zero-order valence-electron chi connectivity index (χ0n) is 19.0. The van der Waals surface area contributed by atoms with Gasteiger partial charge in [0.25, 0.3) is 11.8 Å². The molecule has 4 aromatic rings. The Hall–Kier alpha value is -4.25. The Labute approximate surface area is 198 Å². The summed E-state index contributed by atoms with van der Waals surface area (Å²) in [6.07, 6.45) is 1.66. The zero-order valence-corrected chi connectivity index (χ0v) is 19.0. The van der Waals surface area contributed by atoms with Crippen LogP contribution < -0.4 is 10.3 Å². The first-order valence-corrected chi connectivity index (χ1v) is 11.4. The van der Waals surface area contributed by atoms with Crippen LogP contribution >= 0.6 is 0 Å². The summed E-state index contributed by atoms with van der Waals surface area (Å²) in [4.78, 5) is 27.3. The van der Waals surface area contributed by atoms with Gasteiger partial charge in [-0.05, 0) is 60.5 Å². The van der Waals surface area contributed by atoms with Crippen molar-refractivity contribution in [2.75, 3.05) is 4.90 Å². The second-order valence-corrected chi connectivity index (χ2v) is 8.54. The highest BCUT2D eigenvalue weighted by molar-refractivity contribution is 6.24. The van der Waals surface area contributed by atoms with E-state index in [9.17, 15) is 9.59 Å². The predicted octanol–water partition coefficient (Wildman–Crippen LogP) is 5.74. The second kappa shape index (κ2) is 9.32. The minimum absolute atomic E-state index is 0.00827. The molecule has 0 spiro atoms. The average molecular weight is 448 g/mol. The Balaban J connectivity index is 1.22. The summed E-state index contributed by atoms with van der Waals surface area (Å²) in [6.45, 7) is 2.36. The summed E-state index contributed by atoms with van der Waals surface area (Å²) >= 11 is 0. The van der Waals surface area contributed by atoms with E-state index in [0.29, 0.717) is 12.1 Å². The van der Waals surface area contributed by atoms with Gasteiger partial charge in [-0.3, -0.25) is 9.59 Å². The summed E-state index contributed by atoms with van der Waals surface area (Å²) in [5, 5.41) is 6.31. The monoisotopic (exact) mass is 447 g/mol. The van der Waals surface area contributed by atoms with Gasteiger partial charge in [0.15, 0.2) is 0 Å². The molecule has 1 N–H and O–H groups in total. The van der Waals surface area contributed by atoms with Gasteiger partial charge in [-0.25, -0.2) is 5.43 Å². The van der Waals surface area contributed by atoms with Crippen LogP contribution in [0.2, 0.25) is 0 Å². The van der Waals surface area contributed by atoms with Crippen molar-refractivity contribution in [3.8, 4) is 0 Å². The molecule has 0 atom stereocenters. The summed E-state index contributed by atoms with van der Waals surface area (Å²) < 4.78 is 0. The van der Waals surface area contributed by atoms with Crippen LogP contribution in [0.1, 0.15) is 45.2 Å². The number of hydrazone groups is 1. The van der Waals surface area contributed by atoms with E-state index in [2.05, 4.69) is 22.7 Å². The van der Waals surface area contributed by atoms with Crippen molar-refractivity contribution >= 4 is 34.0 Å². The van der Waals surface area contributed by atoms with Crippen molar-refractivity contribution in [2.24, 2.45) is 5.10 Å². The normalized spacial score (nSPS) is 12.9. The van der Waals surface area contributed by atoms with Gasteiger partial charge in [0, 0.05) is 22.2 Å². The topological polar surface area (TPSA) is 61.8 Å². The molecule has 0 unspecified atom stereocenters. The van der Waals surface area contributed by atoms with E-state index in [-0.39, 0.29) is 11.8 Å². The molecule has 5 rings (SSSR count). The van der Waals surface area contributed by atoms with E-state index in [1.165, 1.54) is 5.56 Å². The van der Waals surface area contributed by atoms with Crippen molar-refractivity contribution in [3.63, 3.8) is 0 Å². The Bertz CT molecular complexity index is 1390. The molecule has 0 aliphatic carbocycles. The van der Waals surface area contributed by atoms with E-state index >= 15 is 0 Å². The molecule has 0 bridgehead atoms. The number of nitrogens with zero attached hydrogens (tertiary/aromatic N) is 2. The average Bonchev–Trinajstić information content (AvgIpc) is 3.15. The van der Waals surface area contributed by atoms with Crippen molar-refractivity contribution in [2.45, 2.75) is 26.3 Å². The molecule has 2 amide bonds. The van der Waals surface area contributed by atoms with Gasteiger partial charge in [-0.1, -0.05) is 66.7 Å². The highest BCUT2D eigenvalue weighted by atomic mass is 16.2. The number of carbonyl (C=O) groups is 2. The number of amides is 2. The van der Waals surface area contributed by atoms with Gasteiger partial charge in [0.05, 0.1) is 12.2 Å². The number of benzene rings is 4. The van der Waals surface area contributed by atoms with Crippen LogP contribution in [0.25, 0.3) is 10.8 Å². The molecule has 1 aliphatic heterocycles. The van der Waals surface area contributed by atoms with E-state index < -0.39 is 0 Å². The molecule has 5 nitrogen and oxygen atoms in total. The van der Waals surface area contributed by atoms with Gasteiger partial charge in [0.1, 0.15) is 0 Å². The number of rotatable bonds is 7. The van der Waals surface area contributed by atoms with Crippen molar-refractivity contribution in [3.05, 3.63) is 113 Å². The third kappa shape index (κ3) is 4.33. The molecule has 5 heteroatoms. The van der Waals surface area contributed by atoms with Gasteiger partial charge >= 0.3 is 0 Å². The lowest BCUT2D eigenvalue weighted by molar-refractivity contribution is 0.0952. The van der Waals surface area contributed by atoms with Gasteiger partial charge in [0.2, 0.25) is 0 Å². The Morgan fingerprint density at radius 2 is 1.59 bits per heavy atom. The van der Waals surface area contributed by atoms with Crippen LogP contribution in [0.15, 0.2) is 96.1 Å². The summed E-state index contributed by atoms with van der Waals surface area (Å²) in [6, 6.07) is 29.3. The number of hydrogen-bond acceptors (Lipinski definition) is 3. The molecule has 168 valence electrons. The molecule has 34 heavy (non-hydrogen) atoms. The van der Waals surface area contributed by atoms with E-state index in [4.69, 9.17) is 0 Å². The molecule has 0 saturated heterocycles. The number of anilines is 1. The fourth-order valence-corrected chi connectivity index (χ4v) is 4.32. The maximum atomic E-state index is 13.0. The first-order valence-electron chi connectivity index (χ1n) is 11.4. The van der Waals surface area contributed by atoms with Gasteiger partial charge in [-0.15, -0.1) is 0 Å². The van der Waals surface area contributed by atoms with Crippen LogP contribution in [0, 0.1) is 0 Å². The van der Waals surface area contributed by atoms with E-state index in [1.54, 1.807) is 17.0 Å². The summed E-state index contributed by atoms with van der Waals surface area (Å²) in [7, 11) is 0. The van der Waals surface area contributed by atoms with E-state index in [1.807, 2.05) is 73.7 Å². The quantitative estimate of drug-likeness (QED) is 0.290. The molecule has 1 aliphatic rings. The number of carbonyl (C=O) groups excluding carboxylic acids is 2. The zero-order chi connectivity index (χ0) is 23.5. The largest absolute Gasteiger partial charge is 0.303 e. The lowest BCUT2D eigenvalue weighted by Gasteiger charge is -2.18. The molecule has 0 saturated carbocycles. The van der Waals surface area contributed by atoms with Crippen LogP contribution in [0.3, 0.4) is 0 Å². The van der Waals surface area contributed by atoms with Crippen molar-refractivity contribution < 1.29 is 9.59 Å². The first kappa shape index (κ1) is 21.6. The molecular formula is C29H25N3O2. The van der Waals surface area contributed by atoms with Crippen LogP contribution in [0.4, 0.5) is 5.69 Å². The van der Waals surface area contributed by atoms with Gasteiger partial charge < -0.3 is 4.90 Å². The highest BCUT2D eigenvalue weighted by Gasteiger charge is 2.29. The molecule has 1 heterocycles. The fourth-order valence-electron chi connectivity index (χ4n) is 4.32. The standard InChI is InChI=1S/C29H25N3O2/c1-20(13-14-21-7-3-2-4-8-21)30-31-28(33)24-17-15-22(16-18-24)19-32-26-12-6-10-23-9-5-11-25(27(23)26)29(32)34/h2-12,15-18H,13-14,19H2,1H3,(H,31,33). The highest BCUT2D eigenvalue weighted by Crippen LogP contribution is 2.37. The van der Waals surface area contributed by atoms with Crippen molar-refractivity contribution in [1.29, 1.82) is 0 Å². The number of nitrogens with one attached hydrogen (secondary N) is 1. The Morgan fingerprint density at radius 3 is 2.35 bits per heavy atom. The van der Waals surface area contributed by atoms with Crippen LogP contribution in [0.5, 0.6) is 0 Å². The third-order valence-corrected chi connectivity index (χ3v) is 6.17.